The summed E-state index contributed by atoms with van der Waals surface area (Å²) >= 11 is 0. The van der Waals surface area contributed by atoms with E-state index < -0.39 is 0 Å². The molecule has 1 heteroatoms. The van der Waals surface area contributed by atoms with Gasteiger partial charge in [-0.25, -0.2) is 0 Å². The van der Waals surface area contributed by atoms with Crippen LogP contribution in [0.1, 0.15) is 26.7 Å². The van der Waals surface area contributed by atoms with Crippen molar-refractivity contribution in [1.82, 2.24) is 0 Å². The van der Waals surface area contributed by atoms with Crippen molar-refractivity contribution in [2.45, 2.75) is 26.7 Å². The van der Waals surface area contributed by atoms with Crippen LogP contribution in [-0.4, -0.2) is 8.78 Å². The van der Waals surface area contributed by atoms with Crippen molar-refractivity contribution in [2.75, 3.05) is 0 Å². The van der Waals surface area contributed by atoms with Crippen molar-refractivity contribution in [1.29, 1.82) is 0 Å². The van der Waals surface area contributed by atoms with E-state index in [-0.39, 0.29) is 0 Å². The Kier molecular flexibility index (Phi) is 2.33. The maximum atomic E-state index is 2.27. The number of hydrogen-bond donors (Lipinski definition) is 0. The Morgan fingerprint density at radius 1 is 0.923 bits per heavy atom. The Morgan fingerprint density at radius 2 is 1.38 bits per heavy atom. The van der Waals surface area contributed by atoms with Gasteiger partial charge in [-0.1, -0.05) is 0 Å². The first-order valence-corrected chi connectivity index (χ1v) is 4.97. The number of rotatable bonds is 2. The maximum absolute atomic E-state index is 2.27. The van der Waals surface area contributed by atoms with Crippen LogP contribution in [0, 0.1) is 0 Å². The predicted molar refractivity (Wildman–Crippen MR) is 58.7 cm³/mol. The van der Waals surface area contributed by atoms with Gasteiger partial charge in [0.1, 0.15) is 0 Å². The van der Waals surface area contributed by atoms with Crippen LogP contribution in [0.5, 0.6) is 0 Å². The van der Waals surface area contributed by atoms with Gasteiger partial charge >= 0.3 is 81.5 Å². The van der Waals surface area contributed by atoms with Gasteiger partial charge in [0, 0.05) is 0 Å². The molecular weight excluding hydrogens is 153 g/mol. The Balaban J connectivity index is 2.08. The summed E-state index contributed by atoms with van der Waals surface area (Å²) in [5.74, 6) is 0. The molecule has 0 radical (unpaired) electrons. The molecule has 0 aromatic rings. The van der Waals surface area contributed by atoms with Gasteiger partial charge in [-0.05, 0) is 0 Å². The molecule has 0 N–H and O–H groups in total. The van der Waals surface area contributed by atoms with E-state index in [0.717, 1.165) is 0 Å². The molecule has 0 saturated heterocycles. The zero-order valence-corrected chi connectivity index (χ0v) is 8.43. The average molecular weight is 167 g/mol. The first-order valence-electron chi connectivity index (χ1n) is 4.97. The van der Waals surface area contributed by atoms with Gasteiger partial charge in [-0.2, -0.15) is 0 Å². The van der Waals surface area contributed by atoms with Crippen LogP contribution < -0.4 is 0 Å². The molecule has 0 nitrogen and oxygen atoms in total. The second-order valence-corrected chi connectivity index (χ2v) is 3.96. The van der Waals surface area contributed by atoms with Crippen molar-refractivity contribution >= 4 is 8.78 Å². The van der Waals surface area contributed by atoms with Gasteiger partial charge in [-0.15, -0.1) is 0 Å². The van der Waals surface area contributed by atoms with Crippen LogP contribution in [-0.2, 0) is 0 Å². The van der Waals surface area contributed by atoms with E-state index in [9.17, 15) is 0 Å². The van der Waals surface area contributed by atoms with Gasteiger partial charge in [-0.3, -0.25) is 0 Å². The van der Waals surface area contributed by atoms with Gasteiger partial charge in [0.05, 0.1) is 0 Å². The summed E-state index contributed by atoms with van der Waals surface area (Å²) in [5.41, 5.74) is 2.96. The second kappa shape index (κ2) is 3.47. The van der Waals surface area contributed by atoms with Gasteiger partial charge in [0.25, 0.3) is 0 Å². The molecule has 0 unspecified atom stereocenters. The fourth-order valence-corrected chi connectivity index (χ4v) is 1.99. The minimum absolute atomic E-state index is 1.17. The summed E-state index contributed by atoms with van der Waals surface area (Å²) in [4.78, 5) is 0. The molecule has 0 aliphatic heterocycles. The van der Waals surface area contributed by atoms with Crippen LogP contribution in [0.15, 0.2) is 46.0 Å². The molecule has 2 rings (SSSR count). The van der Waals surface area contributed by atoms with Gasteiger partial charge in [0.2, 0.25) is 0 Å². The van der Waals surface area contributed by atoms with Crippen LogP contribution in [0.3, 0.4) is 0 Å². The third-order valence-electron chi connectivity index (χ3n) is 3.01. The molecule has 2 aliphatic rings. The summed E-state index contributed by atoms with van der Waals surface area (Å²) in [6.07, 6.45) is 11.4. The van der Waals surface area contributed by atoms with E-state index in [4.69, 9.17) is 0 Å². The van der Waals surface area contributed by atoms with E-state index in [0.29, 0.717) is 0 Å². The molecule has 0 amide bonds. The molecule has 13 heavy (non-hydrogen) atoms. The Labute approximate surface area is 82.0 Å². The number of hydrogen-bond acceptors (Lipinski definition) is 0. The molecule has 2 aliphatic carbocycles. The predicted octanol–water partition coefficient (Wildman–Crippen LogP) is 3.16. The second-order valence-electron chi connectivity index (χ2n) is 3.96. The van der Waals surface area contributed by atoms with Crippen LogP contribution in [0.4, 0.5) is 0 Å². The van der Waals surface area contributed by atoms with Gasteiger partial charge < -0.3 is 0 Å². The van der Waals surface area contributed by atoms with Crippen molar-refractivity contribution in [3.05, 3.63) is 46.0 Å². The van der Waals surface area contributed by atoms with Crippen LogP contribution >= 0.6 is 0 Å². The van der Waals surface area contributed by atoms with E-state index in [1.54, 1.807) is 10.6 Å². The van der Waals surface area contributed by atoms with Crippen molar-refractivity contribution in [2.24, 2.45) is 0 Å². The summed E-state index contributed by atoms with van der Waals surface area (Å²) in [5, 5.41) is 3.22. The molecule has 64 valence electrons. The quantitative estimate of drug-likeness (QED) is 0.554. The fourth-order valence-electron chi connectivity index (χ4n) is 1.99. The Hall–Kier alpha value is -0.871. The normalized spacial score (nSPS) is 20.5. The summed E-state index contributed by atoms with van der Waals surface area (Å²) < 4.78 is 0. The first-order chi connectivity index (χ1) is 6.27. The minimum atomic E-state index is 1.17. The zero-order chi connectivity index (χ0) is 9.26. The molecular formula is C12H14Be. The van der Waals surface area contributed by atoms with Gasteiger partial charge in [0.15, 0.2) is 0 Å². The SMILES string of the molecule is CC1=[C]([Be][C]2=C(C)C=CC2)CC=C1. The third-order valence-corrected chi connectivity index (χ3v) is 3.01. The molecule has 0 aromatic heterocycles. The molecule has 0 heterocycles. The van der Waals surface area contributed by atoms with E-state index in [1.807, 2.05) is 0 Å². The van der Waals surface area contributed by atoms with Crippen molar-refractivity contribution < 1.29 is 0 Å². The Bertz CT molecular complexity index is 306. The first kappa shape index (κ1) is 8.71. The van der Waals surface area contributed by atoms with E-state index in [1.165, 1.54) is 32.8 Å². The third kappa shape index (κ3) is 1.73. The molecule has 0 atom stereocenters. The zero-order valence-electron chi connectivity index (χ0n) is 8.43. The fraction of sp³-hybridized carbons (Fsp3) is 0.333. The molecule has 0 aromatic carbocycles. The molecule has 0 fully saturated rings. The van der Waals surface area contributed by atoms with E-state index in [2.05, 4.69) is 38.2 Å². The van der Waals surface area contributed by atoms with Crippen LogP contribution in [0.2, 0.25) is 0 Å². The molecule has 0 saturated carbocycles. The van der Waals surface area contributed by atoms with Crippen molar-refractivity contribution in [3.63, 3.8) is 0 Å². The molecule has 0 bridgehead atoms. The average Bonchev–Trinajstić information content (AvgIpc) is 2.65. The summed E-state index contributed by atoms with van der Waals surface area (Å²) in [6, 6.07) is 0. The molecule has 0 spiro atoms. The number of allylic oxidation sites excluding steroid dienone is 8. The summed E-state index contributed by atoms with van der Waals surface area (Å²) in [6.45, 7) is 4.44. The monoisotopic (exact) mass is 167 g/mol. The topological polar surface area (TPSA) is 0 Å². The van der Waals surface area contributed by atoms with E-state index >= 15 is 0 Å². The standard InChI is InChI=1S/2C6H7.Be/c2*1-6-4-2-3-5-6;/h2*2,4H,3H2,1H3;. The summed E-state index contributed by atoms with van der Waals surface area (Å²) in [7, 11) is 1.19. The van der Waals surface area contributed by atoms with Crippen molar-refractivity contribution in [3.8, 4) is 0 Å². The Morgan fingerprint density at radius 3 is 1.69 bits per heavy atom. The van der Waals surface area contributed by atoms with Crippen LogP contribution in [0.25, 0.3) is 0 Å².